The summed E-state index contributed by atoms with van der Waals surface area (Å²) in [5.74, 6) is 2.30. The average Bonchev–Trinajstić information content (AvgIpc) is 2.39. The molecule has 0 aliphatic carbocycles. The molecule has 7 heteroatoms. The smallest absolute Gasteiger partial charge is 0.171 e. The van der Waals surface area contributed by atoms with Crippen molar-refractivity contribution in [2.24, 2.45) is 0 Å². The van der Waals surface area contributed by atoms with Crippen LogP contribution in [0.2, 0.25) is 0 Å². The Kier molecular flexibility index (Phi) is 4.01. The maximum atomic E-state index is 12.1. The Labute approximate surface area is 112 Å². The molecule has 1 unspecified atom stereocenters. The Morgan fingerprint density at radius 1 is 1.61 bits per heavy atom. The largest absolute Gasteiger partial charge is 0.399 e. The van der Waals surface area contributed by atoms with E-state index in [4.69, 9.17) is 5.73 Å². The van der Waals surface area contributed by atoms with Crippen LogP contribution in [0.25, 0.3) is 0 Å². The summed E-state index contributed by atoms with van der Waals surface area (Å²) < 4.78 is 24.2. The molecule has 100 valence electrons. The summed E-state index contributed by atoms with van der Waals surface area (Å²) >= 11 is 1.67. The van der Waals surface area contributed by atoms with Crippen LogP contribution < -0.4 is 10.6 Å². The van der Waals surface area contributed by atoms with E-state index in [1.165, 1.54) is 0 Å². The molecule has 2 N–H and O–H groups in total. The molecule has 1 saturated heterocycles. The molecule has 0 aromatic carbocycles. The lowest BCUT2D eigenvalue weighted by atomic mass is 10.3. The van der Waals surface area contributed by atoms with Crippen LogP contribution in [0, 0.1) is 0 Å². The molecule has 0 radical (unpaired) electrons. The number of anilines is 2. The molecule has 1 fully saturated rings. The highest BCUT2D eigenvalue weighted by Crippen LogP contribution is 2.26. The maximum Gasteiger partial charge on any atom is 0.171 e. The topological polar surface area (TPSA) is 76.3 Å². The number of thioether (sulfide) groups is 1. The summed E-state index contributed by atoms with van der Waals surface area (Å²) in [6.07, 6.45) is 1.61. The highest BCUT2D eigenvalue weighted by molar-refractivity contribution is 8.01. The van der Waals surface area contributed by atoms with Crippen LogP contribution in [0.5, 0.6) is 0 Å². The zero-order valence-corrected chi connectivity index (χ0v) is 11.9. The predicted octanol–water partition coefficient (Wildman–Crippen LogP) is 0.978. The van der Waals surface area contributed by atoms with E-state index in [-0.39, 0.29) is 5.75 Å². The molecule has 5 nitrogen and oxygen atoms in total. The molecule has 1 aliphatic rings. The van der Waals surface area contributed by atoms with Gasteiger partial charge in [-0.2, -0.15) is 11.8 Å². The standard InChI is InChI=1S/C11H17N3O2S2/c1-2-18(15,16)11-8-17-6-5-14(11)10-7-9(12)3-4-13-10/h3-4,7,11H,2,5-6,8H2,1H3,(H2,12,13). The third kappa shape index (κ3) is 2.72. The SMILES string of the molecule is CCS(=O)(=O)C1CSCCN1c1cc(N)ccn1. The fourth-order valence-electron chi connectivity index (χ4n) is 1.92. The number of hydrogen-bond donors (Lipinski definition) is 1. The van der Waals surface area contributed by atoms with Crippen LogP contribution in [0.4, 0.5) is 11.5 Å². The fourth-order valence-corrected chi connectivity index (χ4v) is 4.90. The minimum absolute atomic E-state index is 0.150. The van der Waals surface area contributed by atoms with Gasteiger partial charge in [-0.25, -0.2) is 13.4 Å². The first kappa shape index (κ1) is 13.5. The van der Waals surface area contributed by atoms with E-state index in [2.05, 4.69) is 4.98 Å². The molecule has 18 heavy (non-hydrogen) atoms. The van der Waals surface area contributed by atoms with E-state index < -0.39 is 15.2 Å². The number of hydrogen-bond acceptors (Lipinski definition) is 6. The first-order chi connectivity index (χ1) is 8.54. The number of nitrogens with two attached hydrogens (primary N) is 1. The fraction of sp³-hybridized carbons (Fsp3) is 0.545. The zero-order valence-electron chi connectivity index (χ0n) is 10.2. The van der Waals surface area contributed by atoms with Gasteiger partial charge in [-0.1, -0.05) is 6.92 Å². The van der Waals surface area contributed by atoms with Crippen LogP contribution in [0.15, 0.2) is 18.3 Å². The monoisotopic (exact) mass is 287 g/mol. The highest BCUT2D eigenvalue weighted by Gasteiger charge is 2.33. The van der Waals surface area contributed by atoms with E-state index in [0.29, 0.717) is 23.8 Å². The molecule has 1 aromatic heterocycles. The molecule has 0 amide bonds. The second kappa shape index (κ2) is 5.36. The number of rotatable bonds is 3. The zero-order chi connectivity index (χ0) is 13.2. The number of nitrogen functional groups attached to an aromatic ring is 1. The second-order valence-corrected chi connectivity index (χ2v) is 7.72. The van der Waals surface area contributed by atoms with Crippen molar-refractivity contribution in [2.45, 2.75) is 12.3 Å². The molecule has 1 aromatic rings. The van der Waals surface area contributed by atoms with Crippen molar-refractivity contribution in [2.75, 3.05) is 34.4 Å². The van der Waals surface area contributed by atoms with Crippen LogP contribution in [0.1, 0.15) is 6.92 Å². The van der Waals surface area contributed by atoms with Gasteiger partial charge in [-0.3, -0.25) is 0 Å². The number of sulfone groups is 1. The third-order valence-electron chi connectivity index (χ3n) is 2.97. The van der Waals surface area contributed by atoms with Crippen molar-refractivity contribution >= 4 is 33.1 Å². The Morgan fingerprint density at radius 3 is 3.06 bits per heavy atom. The minimum atomic E-state index is -3.11. The van der Waals surface area contributed by atoms with Crippen LogP contribution in [0.3, 0.4) is 0 Å². The average molecular weight is 287 g/mol. The van der Waals surface area contributed by atoms with E-state index >= 15 is 0 Å². The van der Waals surface area contributed by atoms with Gasteiger partial charge in [0.1, 0.15) is 11.2 Å². The summed E-state index contributed by atoms with van der Waals surface area (Å²) in [6, 6.07) is 3.43. The molecule has 0 spiro atoms. The summed E-state index contributed by atoms with van der Waals surface area (Å²) in [5, 5.41) is -0.490. The predicted molar refractivity (Wildman–Crippen MR) is 76.6 cm³/mol. The first-order valence-electron chi connectivity index (χ1n) is 5.82. The number of nitrogens with zero attached hydrogens (tertiary/aromatic N) is 2. The number of aromatic nitrogens is 1. The molecule has 2 heterocycles. The minimum Gasteiger partial charge on any atom is -0.399 e. The van der Waals surface area contributed by atoms with Crippen molar-refractivity contribution in [3.05, 3.63) is 18.3 Å². The van der Waals surface area contributed by atoms with E-state index in [1.807, 2.05) is 4.90 Å². The van der Waals surface area contributed by atoms with Gasteiger partial charge in [0, 0.05) is 41.8 Å². The molecule has 0 saturated carbocycles. The van der Waals surface area contributed by atoms with Crippen molar-refractivity contribution in [1.29, 1.82) is 0 Å². The Bertz CT molecular complexity index is 519. The van der Waals surface area contributed by atoms with Gasteiger partial charge in [0.15, 0.2) is 9.84 Å². The van der Waals surface area contributed by atoms with Gasteiger partial charge in [0.2, 0.25) is 0 Å². The Morgan fingerprint density at radius 2 is 2.39 bits per heavy atom. The van der Waals surface area contributed by atoms with Gasteiger partial charge in [-0.05, 0) is 6.07 Å². The van der Waals surface area contributed by atoms with Gasteiger partial charge in [0.25, 0.3) is 0 Å². The molecular formula is C11H17N3O2S2. The van der Waals surface area contributed by atoms with E-state index in [1.54, 1.807) is 37.0 Å². The molecular weight excluding hydrogens is 270 g/mol. The normalized spacial score (nSPS) is 20.9. The van der Waals surface area contributed by atoms with Crippen LogP contribution in [-0.2, 0) is 9.84 Å². The van der Waals surface area contributed by atoms with Gasteiger partial charge in [0.05, 0.1) is 0 Å². The van der Waals surface area contributed by atoms with E-state index in [9.17, 15) is 8.42 Å². The molecule has 1 atom stereocenters. The lowest BCUT2D eigenvalue weighted by Crippen LogP contribution is -2.48. The Hall–Kier alpha value is -0.950. The van der Waals surface area contributed by atoms with Crippen molar-refractivity contribution in [1.82, 2.24) is 4.98 Å². The van der Waals surface area contributed by atoms with Crippen molar-refractivity contribution in [3.8, 4) is 0 Å². The van der Waals surface area contributed by atoms with Gasteiger partial charge in [-0.15, -0.1) is 0 Å². The van der Waals surface area contributed by atoms with E-state index in [0.717, 1.165) is 5.75 Å². The molecule has 0 bridgehead atoms. The third-order valence-corrected chi connectivity index (χ3v) is 6.25. The number of pyridine rings is 1. The summed E-state index contributed by atoms with van der Waals surface area (Å²) in [7, 11) is -3.11. The maximum absolute atomic E-state index is 12.1. The lowest BCUT2D eigenvalue weighted by molar-refractivity contribution is 0.579. The van der Waals surface area contributed by atoms with Crippen molar-refractivity contribution in [3.63, 3.8) is 0 Å². The summed E-state index contributed by atoms with van der Waals surface area (Å²) in [4.78, 5) is 6.09. The lowest BCUT2D eigenvalue weighted by Gasteiger charge is -2.35. The van der Waals surface area contributed by atoms with Crippen LogP contribution >= 0.6 is 11.8 Å². The van der Waals surface area contributed by atoms with Crippen molar-refractivity contribution < 1.29 is 8.42 Å². The Balaban J connectivity index is 2.34. The summed E-state index contributed by atoms with van der Waals surface area (Å²) in [6.45, 7) is 2.37. The quantitative estimate of drug-likeness (QED) is 0.893. The van der Waals surface area contributed by atoms with Gasteiger partial charge >= 0.3 is 0 Å². The molecule has 2 rings (SSSR count). The van der Waals surface area contributed by atoms with Gasteiger partial charge < -0.3 is 10.6 Å². The second-order valence-electron chi connectivity index (χ2n) is 4.12. The highest BCUT2D eigenvalue weighted by atomic mass is 32.2. The molecule has 1 aliphatic heterocycles. The van der Waals surface area contributed by atoms with Crippen LogP contribution in [-0.4, -0.2) is 42.6 Å². The summed E-state index contributed by atoms with van der Waals surface area (Å²) in [5.41, 5.74) is 6.33. The first-order valence-corrected chi connectivity index (χ1v) is 8.69.